The van der Waals surface area contributed by atoms with E-state index in [1.165, 1.54) is 12.0 Å². The zero-order chi connectivity index (χ0) is 23.1. The van der Waals surface area contributed by atoms with Crippen molar-refractivity contribution in [1.29, 1.82) is 0 Å². The van der Waals surface area contributed by atoms with Crippen LogP contribution in [-0.4, -0.2) is 43.5 Å². The highest BCUT2D eigenvalue weighted by Gasteiger charge is 2.24. The van der Waals surface area contributed by atoms with Gasteiger partial charge in [-0.15, -0.1) is 0 Å². The van der Waals surface area contributed by atoms with E-state index < -0.39 is 0 Å². The lowest BCUT2D eigenvalue weighted by Gasteiger charge is -2.29. The van der Waals surface area contributed by atoms with E-state index in [4.69, 9.17) is 4.74 Å². The first-order valence-electron chi connectivity index (χ1n) is 11.4. The molecule has 2 aromatic carbocycles. The predicted octanol–water partition coefficient (Wildman–Crippen LogP) is 4.29. The smallest absolute Gasteiger partial charge is 0.243 e. The molecule has 2 amide bonds. The standard InChI is InChI=1S/C26H35N3O3/c1-18-14-19(2)26(20(3)15-18)28-24(30)16-27-25(31)17-29-13-7-5-6-8-23(29)21-9-11-22(32-4)12-10-21/h9-12,14-15,23H,5-8,13,16-17H2,1-4H3,(H,27,31)(H,28,30)/t23-/m0/s1. The Bertz CT molecular complexity index is 917. The lowest BCUT2D eigenvalue weighted by Crippen LogP contribution is -2.41. The van der Waals surface area contributed by atoms with E-state index in [-0.39, 0.29) is 30.9 Å². The maximum atomic E-state index is 12.7. The molecule has 1 fully saturated rings. The van der Waals surface area contributed by atoms with Crippen LogP contribution in [0, 0.1) is 20.8 Å². The molecular formula is C26H35N3O3. The second kappa shape index (κ2) is 11.1. The Hall–Kier alpha value is -2.86. The molecule has 3 rings (SSSR count). The van der Waals surface area contributed by atoms with Crippen LogP contribution in [0.25, 0.3) is 0 Å². The van der Waals surface area contributed by atoms with E-state index in [9.17, 15) is 9.59 Å². The Morgan fingerprint density at radius 1 is 1.00 bits per heavy atom. The Kier molecular flexibility index (Phi) is 8.28. The van der Waals surface area contributed by atoms with Crippen LogP contribution in [-0.2, 0) is 9.59 Å². The summed E-state index contributed by atoms with van der Waals surface area (Å²) in [6.07, 6.45) is 4.41. The number of ether oxygens (including phenoxy) is 1. The Morgan fingerprint density at radius 2 is 1.69 bits per heavy atom. The van der Waals surface area contributed by atoms with Crippen molar-refractivity contribution in [3.63, 3.8) is 0 Å². The first-order chi connectivity index (χ1) is 15.4. The molecular weight excluding hydrogens is 402 g/mol. The Labute approximate surface area is 191 Å². The topological polar surface area (TPSA) is 70.7 Å². The lowest BCUT2D eigenvalue weighted by molar-refractivity contribution is -0.125. The normalized spacial score (nSPS) is 16.8. The summed E-state index contributed by atoms with van der Waals surface area (Å²) in [5.74, 6) is 0.491. The SMILES string of the molecule is COc1ccc([C@@H]2CCCCCN2CC(=O)NCC(=O)Nc2c(C)cc(C)cc2C)cc1. The highest BCUT2D eigenvalue weighted by Crippen LogP contribution is 2.31. The second-order valence-electron chi connectivity index (χ2n) is 8.71. The zero-order valence-corrected chi connectivity index (χ0v) is 19.7. The molecule has 0 radical (unpaired) electrons. The van der Waals surface area contributed by atoms with E-state index >= 15 is 0 Å². The van der Waals surface area contributed by atoms with Crippen molar-refractivity contribution in [3.05, 3.63) is 58.7 Å². The van der Waals surface area contributed by atoms with Crippen molar-refractivity contribution in [2.24, 2.45) is 0 Å². The van der Waals surface area contributed by atoms with Gasteiger partial charge in [0.05, 0.1) is 20.2 Å². The maximum Gasteiger partial charge on any atom is 0.243 e. The molecule has 6 nitrogen and oxygen atoms in total. The molecule has 1 heterocycles. The number of hydrogen-bond acceptors (Lipinski definition) is 4. The molecule has 1 aliphatic heterocycles. The van der Waals surface area contributed by atoms with E-state index in [1.807, 2.05) is 45.0 Å². The van der Waals surface area contributed by atoms with Gasteiger partial charge >= 0.3 is 0 Å². The van der Waals surface area contributed by atoms with Crippen molar-refractivity contribution < 1.29 is 14.3 Å². The number of rotatable bonds is 7. The largest absolute Gasteiger partial charge is 0.497 e. The van der Waals surface area contributed by atoms with Gasteiger partial charge in [-0.1, -0.05) is 42.7 Å². The molecule has 172 valence electrons. The number of amides is 2. The minimum absolute atomic E-state index is 0.0351. The fraction of sp³-hybridized carbons (Fsp3) is 0.462. The van der Waals surface area contributed by atoms with Crippen molar-refractivity contribution in [1.82, 2.24) is 10.2 Å². The predicted molar refractivity (Wildman–Crippen MR) is 128 cm³/mol. The number of hydrogen-bond donors (Lipinski definition) is 2. The van der Waals surface area contributed by atoms with Gasteiger partial charge in [-0.05, 0) is 69.0 Å². The molecule has 0 bridgehead atoms. The monoisotopic (exact) mass is 437 g/mol. The van der Waals surface area contributed by atoms with Crippen LogP contribution in [0.15, 0.2) is 36.4 Å². The van der Waals surface area contributed by atoms with Gasteiger partial charge in [0.25, 0.3) is 0 Å². The van der Waals surface area contributed by atoms with E-state index in [0.29, 0.717) is 0 Å². The van der Waals surface area contributed by atoms with Crippen LogP contribution in [0.5, 0.6) is 5.75 Å². The Morgan fingerprint density at radius 3 is 2.34 bits per heavy atom. The van der Waals surface area contributed by atoms with Gasteiger partial charge in [0.2, 0.25) is 11.8 Å². The number of carbonyl (C=O) groups excluding carboxylic acids is 2. The summed E-state index contributed by atoms with van der Waals surface area (Å²) in [6.45, 7) is 7.12. The summed E-state index contributed by atoms with van der Waals surface area (Å²) < 4.78 is 5.27. The molecule has 2 aromatic rings. The average molecular weight is 438 g/mol. The summed E-state index contributed by atoms with van der Waals surface area (Å²) in [5.41, 5.74) is 5.23. The fourth-order valence-corrected chi connectivity index (χ4v) is 4.54. The molecule has 1 aliphatic rings. The molecule has 0 aliphatic carbocycles. The summed E-state index contributed by atoms with van der Waals surface area (Å²) in [6, 6.07) is 12.4. The van der Waals surface area contributed by atoms with Crippen molar-refractivity contribution >= 4 is 17.5 Å². The number of methoxy groups -OCH3 is 1. The van der Waals surface area contributed by atoms with Crippen molar-refractivity contribution in [3.8, 4) is 5.75 Å². The van der Waals surface area contributed by atoms with Crippen LogP contribution in [0.2, 0.25) is 0 Å². The molecule has 6 heteroatoms. The Balaban J connectivity index is 1.57. The summed E-state index contributed by atoms with van der Waals surface area (Å²) in [4.78, 5) is 27.4. The summed E-state index contributed by atoms with van der Waals surface area (Å²) in [7, 11) is 1.66. The van der Waals surface area contributed by atoms with Crippen LogP contribution in [0.4, 0.5) is 5.69 Å². The molecule has 0 spiro atoms. The first kappa shape index (κ1) is 23.8. The molecule has 1 atom stereocenters. The third kappa shape index (κ3) is 6.33. The van der Waals surface area contributed by atoms with Gasteiger partial charge < -0.3 is 15.4 Å². The average Bonchev–Trinajstić information content (AvgIpc) is 3.00. The summed E-state index contributed by atoms with van der Waals surface area (Å²) in [5, 5.41) is 5.74. The molecule has 0 aromatic heterocycles. The van der Waals surface area contributed by atoms with Crippen molar-refractivity contribution in [2.75, 3.05) is 32.1 Å². The van der Waals surface area contributed by atoms with Crippen LogP contribution in [0.3, 0.4) is 0 Å². The van der Waals surface area contributed by atoms with Gasteiger partial charge in [0, 0.05) is 11.7 Å². The minimum atomic E-state index is -0.212. The first-order valence-corrected chi connectivity index (χ1v) is 11.4. The third-order valence-corrected chi connectivity index (χ3v) is 6.10. The van der Waals surface area contributed by atoms with Crippen LogP contribution < -0.4 is 15.4 Å². The maximum absolute atomic E-state index is 12.7. The van der Waals surface area contributed by atoms with Gasteiger partial charge in [-0.2, -0.15) is 0 Å². The minimum Gasteiger partial charge on any atom is -0.497 e. The molecule has 1 saturated heterocycles. The quantitative estimate of drug-likeness (QED) is 0.678. The van der Waals surface area contributed by atoms with E-state index in [0.717, 1.165) is 53.9 Å². The number of anilines is 1. The van der Waals surface area contributed by atoms with Gasteiger partial charge in [-0.3, -0.25) is 14.5 Å². The molecule has 0 saturated carbocycles. The van der Waals surface area contributed by atoms with Crippen molar-refractivity contribution in [2.45, 2.75) is 52.5 Å². The number of aryl methyl sites for hydroxylation is 3. The lowest BCUT2D eigenvalue weighted by atomic mass is 10.0. The fourth-order valence-electron chi connectivity index (χ4n) is 4.54. The molecule has 32 heavy (non-hydrogen) atoms. The number of carbonyl (C=O) groups is 2. The third-order valence-electron chi connectivity index (χ3n) is 6.10. The number of likely N-dealkylation sites (tertiary alicyclic amines) is 1. The highest BCUT2D eigenvalue weighted by molar-refractivity contribution is 5.96. The van der Waals surface area contributed by atoms with E-state index in [2.05, 4.69) is 27.7 Å². The van der Waals surface area contributed by atoms with Gasteiger partial charge in [0.15, 0.2) is 0 Å². The van der Waals surface area contributed by atoms with Gasteiger partial charge in [-0.25, -0.2) is 0 Å². The zero-order valence-electron chi connectivity index (χ0n) is 19.7. The second-order valence-corrected chi connectivity index (χ2v) is 8.71. The number of nitrogens with zero attached hydrogens (tertiary/aromatic N) is 1. The highest BCUT2D eigenvalue weighted by atomic mass is 16.5. The van der Waals surface area contributed by atoms with Crippen LogP contribution >= 0.6 is 0 Å². The van der Waals surface area contributed by atoms with E-state index in [1.54, 1.807) is 7.11 Å². The van der Waals surface area contributed by atoms with Crippen LogP contribution in [0.1, 0.15) is 54.0 Å². The molecule has 2 N–H and O–H groups in total. The number of nitrogens with one attached hydrogen (secondary N) is 2. The number of benzene rings is 2. The summed E-state index contributed by atoms with van der Waals surface area (Å²) >= 11 is 0. The molecule has 0 unspecified atom stereocenters. The van der Waals surface area contributed by atoms with Gasteiger partial charge in [0.1, 0.15) is 5.75 Å².